The average molecular weight is 546 g/mol. The van der Waals surface area contributed by atoms with Gasteiger partial charge in [0.05, 0.1) is 16.0 Å². The first kappa shape index (κ1) is 26.6. The van der Waals surface area contributed by atoms with Gasteiger partial charge in [-0.1, -0.05) is 35.9 Å². The number of nitrogens with one attached hydrogen (secondary N) is 3. The van der Waals surface area contributed by atoms with Gasteiger partial charge in [-0.25, -0.2) is 17.6 Å². The summed E-state index contributed by atoms with van der Waals surface area (Å²) in [6, 6.07) is 16.2. The van der Waals surface area contributed by atoms with Crippen LogP contribution in [0.5, 0.6) is 0 Å². The van der Waals surface area contributed by atoms with Crippen LogP contribution in [0.25, 0.3) is 11.1 Å². The normalized spacial score (nSPS) is 18.6. The summed E-state index contributed by atoms with van der Waals surface area (Å²) in [5.41, 5.74) is -0.00288. The molecule has 0 radical (unpaired) electrons. The number of hydrogen-bond donors (Lipinski definition) is 4. The Hall–Kier alpha value is -3.47. The highest BCUT2D eigenvalue weighted by Gasteiger charge is 2.59. The number of carbonyl (C=O) groups excluding carboxylic acids is 2. The summed E-state index contributed by atoms with van der Waals surface area (Å²) in [5, 5.41) is 18.0. The van der Waals surface area contributed by atoms with Gasteiger partial charge < -0.3 is 21.1 Å². The number of aliphatic hydroxyl groups is 1. The van der Waals surface area contributed by atoms with Gasteiger partial charge in [-0.15, -0.1) is 0 Å². The number of amides is 3. The first-order valence-corrected chi connectivity index (χ1v) is 13.6. The molecule has 0 saturated heterocycles. The average Bonchev–Trinajstić information content (AvgIpc) is 3.60. The van der Waals surface area contributed by atoms with Gasteiger partial charge in [-0.2, -0.15) is 0 Å². The maximum Gasteiger partial charge on any atom is 0.319 e. The molecule has 11 heteroatoms. The van der Waals surface area contributed by atoms with E-state index in [2.05, 4.69) is 16.0 Å². The molecule has 8 nitrogen and oxygen atoms in total. The van der Waals surface area contributed by atoms with E-state index in [-0.39, 0.29) is 23.7 Å². The van der Waals surface area contributed by atoms with Crippen LogP contribution >= 0.6 is 11.6 Å². The molecule has 0 heterocycles. The molecular weight excluding hydrogens is 521 g/mol. The molecule has 4 N–H and O–H groups in total. The summed E-state index contributed by atoms with van der Waals surface area (Å²) in [6.07, 6.45) is 1.39. The van der Waals surface area contributed by atoms with Crippen molar-refractivity contribution in [2.45, 2.75) is 11.3 Å². The van der Waals surface area contributed by atoms with Crippen LogP contribution in [0.4, 0.5) is 20.6 Å². The molecule has 0 bridgehead atoms. The number of urea groups is 1. The molecule has 0 aliphatic heterocycles. The minimum atomic E-state index is -3.54. The molecule has 194 valence electrons. The number of anilines is 2. The zero-order valence-corrected chi connectivity index (χ0v) is 21.4. The third-order valence-electron chi connectivity index (χ3n) is 6.39. The summed E-state index contributed by atoms with van der Waals surface area (Å²) in [5.74, 6) is -1.69. The minimum absolute atomic E-state index is 0.0646. The molecule has 2 atom stereocenters. The van der Waals surface area contributed by atoms with Crippen LogP contribution in [0.3, 0.4) is 0 Å². The lowest BCUT2D eigenvalue weighted by Gasteiger charge is -2.19. The van der Waals surface area contributed by atoms with Crippen LogP contribution in [0, 0.1) is 17.2 Å². The van der Waals surface area contributed by atoms with Crippen molar-refractivity contribution >= 4 is 44.8 Å². The largest absolute Gasteiger partial charge is 0.396 e. The summed E-state index contributed by atoms with van der Waals surface area (Å²) in [7, 11) is -3.54. The molecule has 1 saturated carbocycles. The number of sulfone groups is 1. The van der Waals surface area contributed by atoms with E-state index in [0.29, 0.717) is 28.3 Å². The minimum Gasteiger partial charge on any atom is -0.396 e. The topological polar surface area (TPSA) is 125 Å². The van der Waals surface area contributed by atoms with E-state index < -0.39 is 38.9 Å². The first-order valence-electron chi connectivity index (χ1n) is 11.4. The van der Waals surface area contributed by atoms with Crippen LogP contribution in [-0.4, -0.2) is 44.9 Å². The molecule has 3 amide bonds. The van der Waals surface area contributed by atoms with Crippen LogP contribution in [0.2, 0.25) is 5.02 Å². The highest BCUT2D eigenvalue weighted by molar-refractivity contribution is 7.90. The Kier molecular flexibility index (Phi) is 7.54. The van der Waals surface area contributed by atoms with E-state index in [1.54, 1.807) is 42.5 Å². The predicted molar refractivity (Wildman–Crippen MR) is 140 cm³/mol. The van der Waals surface area contributed by atoms with E-state index in [9.17, 15) is 27.5 Å². The molecule has 1 aliphatic rings. The van der Waals surface area contributed by atoms with Crippen molar-refractivity contribution in [3.8, 4) is 11.1 Å². The second kappa shape index (κ2) is 10.5. The van der Waals surface area contributed by atoms with Crippen LogP contribution in [0.15, 0.2) is 71.6 Å². The Labute approximate surface area is 218 Å². The Bertz CT molecular complexity index is 1450. The van der Waals surface area contributed by atoms with Crippen molar-refractivity contribution in [3.63, 3.8) is 0 Å². The Morgan fingerprint density at radius 2 is 1.78 bits per heavy atom. The second-order valence-corrected chi connectivity index (χ2v) is 11.4. The van der Waals surface area contributed by atoms with E-state index in [0.717, 1.165) is 12.3 Å². The zero-order valence-electron chi connectivity index (χ0n) is 19.8. The Morgan fingerprint density at radius 3 is 2.41 bits per heavy atom. The molecule has 37 heavy (non-hydrogen) atoms. The van der Waals surface area contributed by atoms with Crippen molar-refractivity contribution in [2.24, 2.45) is 11.3 Å². The second-order valence-electron chi connectivity index (χ2n) is 8.97. The van der Waals surface area contributed by atoms with E-state index in [1.807, 2.05) is 0 Å². The smallest absolute Gasteiger partial charge is 0.319 e. The highest BCUT2D eigenvalue weighted by atomic mass is 35.5. The number of rotatable bonds is 8. The maximum absolute atomic E-state index is 15.0. The van der Waals surface area contributed by atoms with Crippen molar-refractivity contribution in [3.05, 3.63) is 77.6 Å². The fraction of sp³-hybridized carbons (Fsp3) is 0.231. The molecule has 4 rings (SSSR count). The van der Waals surface area contributed by atoms with Crippen molar-refractivity contribution < 1.29 is 27.5 Å². The van der Waals surface area contributed by atoms with E-state index in [4.69, 9.17) is 11.6 Å². The van der Waals surface area contributed by atoms with Crippen molar-refractivity contribution in [1.29, 1.82) is 0 Å². The van der Waals surface area contributed by atoms with Gasteiger partial charge in [0.25, 0.3) is 0 Å². The van der Waals surface area contributed by atoms with Gasteiger partial charge >= 0.3 is 6.03 Å². The lowest BCUT2D eigenvalue weighted by molar-refractivity contribution is -0.121. The van der Waals surface area contributed by atoms with Gasteiger partial charge in [0.15, 0.2) is 9.84 Å². The SMILES string of the molecule is CS(=O)(=O)c1ccccc1-c1ccc(NC(=O)[C@@]2(CNC(=O)Nc3ccc(Cl)cc3)C[C@@H]2CO)c(F)c1. The third-order valence-corrected chi connectivity index (χ3v) is 7.79. The molecule has 3 aromatic carbocycles. The first-order chi connectivity index (χ1) is 17.5. The zero-order chi connectivity index (χ0) is 26.8. The molecule has 1 aliphatic carbocycles. The summed E-state index contributed by atoms with van der Waals surface area (Å²) in [4.78, 5) is 25.5. The van der Waals surface area contributed by atoms with E-state index >= 15 is 0 Å². The maximum atomic E-state index is 15.0. The fourth-order valence-corrected chi connectivity index (χ4v) is 5.24. The summed E-state index contributed by atoms with van der Waals surface area (Å²) >= 11 is 5.84. The lowest BCUT2D eigenvalue weighted by atomic mass is 10.0. The molecule has 0 spiro atoms. The number of aliphatic hydroxyl groups excluding tert-OH is 1. The van der Waals surface area contributed by atoms with Gasteiger partial charge in [0, 0.05) is 35.7 Å². The van der Waals surface area contributed by atoms with Crippen LogP contribution < -0.4 is 16.0 Å². The molecule has 1 fully saturated rings. The third kappa shape index (κ3) is 5.93. The monoisotopic (exact) mass is 545 g/mol. The molecule has 3 aromatic rings. The van der Waals surface area contributed by atoms with Crippen molar-refractivity contribution in [2.75, 3.05) is 30.0 Å². The fourth-order valence-electron chi connectivity index (χ4n) is 4.20. The quantitative estimate of drug-likeness (QED) is 0.336. The standard InChI is InChI=1S/C26H25ClFN3O5S/c1-37(35,36)23-5-3-2-4-20(23)16-6-11-22(21(28)12-16)31-24(33)26(13-17(26)14-32)15-29-25(34)30-19-9-7-18(27)8-10-19/h2-12,17,32H,13-15H2,1H3,(H,31,33)(H2,29,30,34)/t17-,26-/m1/s1. The van der Waals surface area contributed by atoms with Crippen molar-refractivity contribution in [1.82, 2.24) is 5.32 Å². The van der Waals surface area contributed by atoms with Gasteiger partial charge in [0.1, 0.15) is 5.82 Å². The predicted octanol–water partition coefficient (Wildman–Crippen LogP) is 4.31. The molecule has 0 aromatic heterocycles. The van der Waals surface area contributed by atoms with E-state index in [1.165, 1.54) is 18.2 Å². The summed E-state index contributed by atoms with van der Waals surface area (Å²) < 4.78 is 39.2. The molecular formula is C26H25ClFN3O5S. The van der Waals surface area contributed by atoms with Gasteiger partial charge in [-0.3, -0.25) is 4.79 Å². The number of hydrogen-bond acceptors (Lipinski definition) is 5. The van der Waals surface area contributed by atoms with Crippen LogP contribution in [-0.2, 0) is 14.6 Å². The number of halogens is 2. The Morgan fingerprint density at radius 1 is 1.08 bits per heavy atom. The number of benzene rings is 3. The molecule has 0 unspecified atom stereocenters. The Balaban J connectivity index is 1.46. The number of carbonyl (C=O) groups is 2. The van der Waals surface area contributed by atoms with Gasteiger partial charge in [0.2, 0.25) is 5.91 Å². The van der Waals surface area contributed by atoms with Crippen LogP contribution in [0.1, 0.15) is 6.42 Å². The summed E-state index contributed by atoms with van der Waals surface area (Å²) in [6.45, 7) is -0.331. The van der Waals surface area contributed by atoms with Gasteiger partial charge in [-0.05, 0) is 60.4 Å². The highest BCUT2D eigenvalue weighted by Crippen LogP contribution is 2.52. The lowest BCUT2D eigenvalue weighted by Crippen LogP contribution is -2.40.